The van der Waals surface area contributed by atoms with Gasteiger partial charge in [-0.15, -0.1) is 0 Å². The predicted octanol–water partition coefficient (Wildman–Crippen LogP) is 2.62. The predicted molar refractivity (Wildman–Crippen MR) is 105 cm³/mol. The van der Waals surface area contributed by atoms with Crippen molar-refractivity contribution in [1.29, 1.82) is 5.26 Å². The van der Waals surface area contributed by atoms with Gasteiger partial charge in [0.15, 0.2) is 5.82 Å². The fraction of sp³-hybridized carbons (Fsp3) is 0.316. The van der Waals surface area contributed by atoms with Gasteiger partial charge < -0.3 is 9.64 Å². The highest BCUT2D eigenvalue weighted by Crippen LogP contribution is 2.32. The summed E-state index contributed by atoms with van der Waals surface area (Å²) >= 11 is 6.01. The quantitative estimate of drug-likeness (QED) is 0.791. The smallest absolute Gasteiger partial charge is 0.256 e. The van der Waals surface area contributed by atoms with Crippen LogP contribution in [0, 0.1) is 11.3 Å². The van der Waals surface area contributed by atoms with E-state index in [0.29, 0.717) is 59.7 Å². The lowest BCUT2D eigenvalue weighted by molar-refractivity contribution is -0.117. The van der Waals surface area contributed by atoms with Crippen LogP contribution in [-0.2, 0) is 9.53 Å². The van der Waals surface area contributed by atoms with Crippen LogP contribution in [0.5, 0.6) is 0 Å². The zero-order valence-electron chi connectivity index (χ0n) is 15.2. The molecule has 0 saturated carbocycles. The van der Waals surface area contributed by atoms with Crippen molar-refractivity contribution in [2.45, 2.75) is 13.3 Å². The standard InChI is InChI=1S/C19H17ClN6O2/c1-12-10-16(27)26(24-12)19-22-17(13-2-4-14(20)5-3-13)15(11-21)18(23-19)25-6-8-28-9-7-25/h2-5H,6-10H2,1H3. The first-order valence-corrected chi connectivity index (χ1v) is 9.22. The highest BCUT2D eigenvalue weighted by molar-refractivity contribution is 6.30. The molecule has 1 saturated heterocycles. The molecule has 28 heavy (non-hydrogen) atoms. The number of ether oxygens (including phenoxy) is 1. The molecule has 9 heteroatoms. The fourth-order valence-electron chi connectivity index (χ4n) is 3.17. The van der Waals surface area contributed by atoms with E-state index in [1.807, 2.05) is 4.90 Å². The summed E-state index contributed by atoms with van der Waals surface area (Å²) in [5.74, 6) is 0.442. The van der Waals surface area contributed by atoms with E-state index in [9.17, 15) is 10.1 Å². The van der Waals surface area contributed by atoms with Crippen LogP contribution in [0.25, 0.3) is 11.3 Å². The Morgan fingerprint density at radius 3 is 2.50 bits per heavy atom. The molecular weight excluding hydrogens is 380 g/mol. The summed E-state index contributed by atoms with van der Waals surface area (Å²) in [6, 6.07) is 9.28. The number of carbonyl (C=O) groups is 1. The zero-order valence-corrected chi connectivity index (χ0v) is 16.0. The Morgan fingerprint density at radius 2 is 1.89 bits per heavy atom. The summed E-state index contributed by atoms with van der Waals surface area (Å²) in [7, 11) is 0. The fourth-order valence-corrected chi connectivity index (χ4v) is 3.29. The molecule has 142 valence electrons. The molecule has 1 amide bonds. The molecule has 0 atom stereocenters. The van der Waals surface area contributed by atoms with Crippen molar-refractivity contribution in [3.8, 4) is 17.3 Å². The van der Waals surface area contributed by atoms with Gasteiger partial charge in [0.1, 0.15) is 11.6 Å². The molecule has 3 heterocycles. The molecule has 0 radical (unpaired) electrons. The van der Waals surface area contributed by atoms with Crippen molar-refractivity contribution in [2.24, 2.45) is 5.10 Å². The Labute approximate surface area is 167 Å². The molecule has 0 bridgehead atoms. The second kappa shape index (κ2) is 7.54. The molecule has 1 aromatic carbocycles. The Morgan fingerprint density at radius 1 is 1.18 bits per heavy atom. The molecule has 4 rings (SSSR count). The van der Waals surface area contributed by atoms with E-state index < -0.39 is 0 Å². The van der Waals surface area contributed by atoms with E-state index >= 15 is 0 Å². The van der Waals surface area contributed by atoms with Gasteiger partial charge in [0.05, 0.1) is 25.3 Å². The minimum absolute atomic E-state index is 0.160. The lowest BCUT2D eigenvalue weighted by Gasteiger charge is -2.29. The number of hydrogen-bond acceptors (Lipinski definition) is 7. The highest BCUT2D eigenvalue weighted by atomic mass is 35.5. The summed E-state index contributed by atoms with van der Waals surface area (Å²) in [6.45, 7) is 4.06. The van der Waals surface area contributed by atoms with Gasteiger partial charge in [0.25, 0.3) is 11.9 Å². The van der Waals surface area contributed by atoms with Crippen LogP contribution in [0.2, 0.25) is 5.02 Å². The molecule has 1 aromatic heterocycles. The Bertz CT molecular complexity index is 993. The largest absolute Gasteiger partial charge is 0.378 e. The molecule has 1 fully saturated rings. The number of amides is 1. The number of hydrazone groups is 1. The zero-order chi connectivity index (χ0) is 19.7. The highest BCUT2D eigenvalue weighted by Gasteiger charge is 2.29. The first-order valence-electron chi connectivity index (χ1n) is 8.84. The number of morpholine rings is 1. The van der Waals surface area contributed by atoms with Crippen molar-refractivity contribution < 1.29 is 9.53 Å². The molecule has 0 spiro atoms. The maximum absolute atomic E-state index is 12.3. The molecule has 2 aromatic rings. The molecule has 2 aliphatic heterocycles. The maximum Gasteiger partial charge on any atom is 0.256 e. The topological polar surface area (TPSA) is 94.7 Å². The number of halogens is 1. The summed E-state index contributed by atoms with van der Waals surface area (Å²) in [5, 5.41) is 15.9. The number of rotatable bonds is 3. The Hall–Kier alpha value is -3.02. The van der Waals surface area contributed by atoms with Crippen molar-refractivity contribution in [3.05, 3.63) is 34.9 Å². The third-order valence-electron chi connectivity index (χ3n) is 4.52. The molecule has 0 aliphatic carbocycles. The summed E-state index contributed by atoms with van der Waals surface area (Å²) in [5.41, 5.74) is 2.20. The van der Waals surface area contributed by atoms with Gasteiger partial charge in [-0.05, 0) is 19.1 Å². The van der Waals surface area contributed by atoms with E-state index in [1.165, 1.54) is 5.01 Å². The molecule has 0 unspecified atom stereocenters. The van der Waals surface area contributed by atoms with Gasteiger partial charge in [-0.1, -0.05) is 23.7 Å². The minimum Gasteiger partial charge on any atom is -0.378 e. The van der Waals surface area contributed by atoms with Gasteiger partial charge in [-0.3, -0.25) is 4.79 Å². The summed E-state index contributed by atoms with van der Waals surface area (Å²) in [6.07, 6.45) is 0.229. The second-order valence-electron chi connectivity index (χ2n) is 6.51. The van der Waals surface area contributed by atoms with Crippen LogP contribution in [0.15, 0.2) is 29.4 Å². The second-order valence-corrected chi connectivity index (χ2v) is 6.94. The lowest BCUT2D eigenvalue weighted by Crippen LogP contribution is -2.38. The van der Waals surface area contributed by atoms with Gasteiger partial charge in [-0.25, -0.2) is 4.98 Å². The number of aromatic nitrogens is 2. The van der Waals surface area contributed by atoms with Gasteiger partial charge >= 0.3 is 0 Å². The SMILES string of the molecule is CC1=NN(c2nc(-c3ccc(Cl)cc3)c(C#N)c(N3CCOCC3)n2)C(=O)C1. The average Bonchev–Trinajstić information content (AvgIpc) is 3.06. The van der Waals surface area contributed by atoms with Gasteiger partial charge in [0.2, 0.25) is 0 Å². The van der Waals surface area contributed by atoms with Crippen LogP contribution in [-0.4, -0.2) is 47.9 Å². The summed E-state index contributed by atoms with van der Waals surface area (Å²) < 4.78 is 5.41. The normalized spacial score (nSPS) is 16.9. The third kappa shape index (κ3) is 3.42. The van der Waals surface area contributed by atoms with Crippen molar-refractivity contribution in [3.63, 3.8) is 0 Å². The van der Waals surface area contributed by atoms with Crippen LogP contribution < -0.4 is 9.91 Å². The third-order valence-corrected chi connectivity index (χ3v) is 4.77. The van der Waals surface area contributed by atoms with Crippen molar-refractivity contribution in [1.82, 2.24) is 9.97 Å². The van der Waals surface area contributed by atoms with Gasteiger partial charge in [-0.2, -0.15) is 20.4 Å². The number of carbonyl (C=O) groups excluding carboxylic acids is 1. The molecular formula is C19H17ClN6O2. The summed E-state index contributed by atoms with van der Waals surface area (Å²) in [4.78, 5) is 23.4. The average molecular weight is 397 g/mol. The first-order chi connectivity index (χ1) is 13.6. The van der Waals surface area contributed by atoms with Gasteiger partial charge in [0, 0.05) is 29.4 Å². The maximum atomic E-state index is 12.3. The Kier molecular flexibility index (Phi) is 4.94. The van der Waals surface area contributed by atoms with E-state index in [1.54, 1.807) is 31.2 Å². The number of nitrogens with zero attached hydrogens (tertiary/aromatic N) is 6. The van der Waals surface area contributed by atoms with E-state index in [4.69, 9.17) is 16.3 Å². The van der Waals surface area contributed by atoms with Crippen molar-refractivity contribution >= 4 is 35.0 Å². The monoisotopic (exact) mass is 396 g/mol. The first kappa shape index (κ1) is 18.3. The molecule has 0 N–H and O–H groups in total. The number of benzene rings is 1. The van der Waals surface area contributed by atoms with Crippen molar-refractivity contribution in [2.75, 3.05) is 36.2 Å². The van der Waals surface area contributed by atoms with E-state index in [0.717, 1.165) is 0 Å². The lowest BCUT2D eigenvalue weighted by atomic mass is 10.1. The molecule has 2 aliphatic rings. The van der Waals surface area contributed by atoms with E-state index in [-0.39, 0.29) is 18.3 Å². The number of nitriles is 1. The minimum atomic E-state index is -0.197. The van der Waals surface area contributed by atoms with E-state index in [2.05, 4.69) is 21.1 Å². The molecule has 8 nitrogen and oxygen atoms in total. The van der Waals surface area contributed by atoms with Crippen LogP contribution in [0.4, 0.5) is 11.8 Å². The number of hydrogen-bond donors (Lipinski definition) is 0. The Balaban J connectivity index is 1.90. The van der Waals surface area contributed by atoms with Crippen LogP contribution in [0.1, 0.15) is 18.9 Å². The number of anilines is 2. The van der Waals surface area contributed by atoms with Crippen LogP contribution in [0.3, 0.4) is 0 Å². The van der Waals surface area contributed by atoms with Crippen LogP contribution >= 0.6 is 11.6 Å².